The minimum absolute atomic E-state index is 0.0357. The van der Waals surface area contributed by atoms with Gasteiger partial charge in [-0.05, 0) is 17.7 Å². The molecule has 2 aliphatic rings. The van der Waals surface area contributed by atoms with Crippen LogP contribution in [0.5, 0.6) is 0 Å². The normalized spacial score (nSPS) is 23.6. The summed E-state index contributed by atoms with van der Waals surface area (Å²) in [5.74, 6) is -2.34. The van der Waals surface area contributed by atoms with E-state index in [0.29, 0.717) is 11.3 Å². The molecule has 1 aliphatic heterocycles. The SMILES string of the molecule is N=C1C(c2ccc(F)cc2F)COC2=CC=CC(c3cccc([N+](=O)[O-])c3)C12. The number of fused-ring (bicyclic) bond motifs is 1. The van der Waals surface area contributed by atoms with Crippen LogP contribution in [0, 0.1) is 33.1 Å². The highest BCUT2D eigenvalue weighted by molar-refractivity contribution is 5.94. The summed E-state index contributed by atoms with van der Waals surface area (Å²) in [7, 11) is 0. The van der Waals surface area contributed by atoms with Crippen molar-refractivity contribution in [1.82, 2.24) is 0 Å². The van der Waals surface area contributed by atoms with Gasteiger partial charge in [-0.1, -0.05) is 30.4 Å². The lowest BCUT2D eigenvalue weighted by molar-refractivity contribution is -0.384. The van der Waals surface area contributed by atoms with E-state index in [4.69, 9.17) is 10.1 Å². The first-order valence-electron chi connectivity index (χ1n) is 8.74. The van der Waals surface area contributed by atoms with Crippen molar-refractivity contribution in [3.05, 3.63) is 99.3 Å². The van der Waals surface area contributed by atoms with Crippen LogP contribution >= 0.6 is 0 Å². The van der Waals surface area contributed by atoms with Crippen LogP contribution in [0.2, 0.25) is 0 Å². The van der Waals surface area contributed by atoms with Gasteiger partial charge in [-0.3, -0.25) is 10.1 Å². The van der Waals surface area contributed by atoms with Gasteiger partial charge in [0.15, 0.2) is 0 Å². The van der Waals surface area contributed by atoms with Crippen molar-refractivity contribution >= 4 is 11.4 Å². The predicted octanol–water partition coefficient (Wildman–Crippen LogP) is 4.86. The fourth-order valence-corrected chi connectivity index (χ4v) is 3.82. The number of halogens is 2. The maximum absolute atomic E-state index is 14.3. The first kappa shape index (κ1) is 18.0. The minimum atomic E-state index is -0.718. The van der Waals surface area contributed by atoms with Gasteiger partial charge >= 0.3 is 0 Å². The molecule has 28 heavy (non-hydrogen) atoms. The lowest BCUT2D eigenvalue weighted by Crippen LogP contribution is -2.37. The van der Waals surface area contributed by atoms with Gasteiger partial charge in [0.25, 0.3) is 5.69 Å². The van der Waals surface area contributed by atoms with Crippen LogP contribution in [0.15, 0.2) is 66.5 Å². The number of non-ortho nitro benzene ring substituents is 1. The van der Waals surface area contributed by atoms with Crippen molar-refractivity contribution in [2.24, 2.45) is 5.92 Å². The molecule has 7 heteroatoms. The third-order valence-corrected chi connectivity index (χ3v) is 5.18. The Morgan fingerprint density at radius 2 is 2.00 bits per heavy atom. The van der Waals surface area contributed by atoms with E-state index < -0.39 is 28.4 Å². The third kappa shape index (κ3) is 3.09. The average molecular weight is 382 g/mol. The molecule has 0 amide bonds. The van der Waals surface area contributed by atoms with Gasteiger partial charge in [-0.15, -0.1) is 0 Å². The van der Waals surface area contributed by atoms with Gasteiger partial charge in [-0.2, -0.15) is 0 Å². The molecule has 1 N–H and O–H groups in total. The minimum Gasteiger partial charge on any atom is -0.496 e. The molecule has 5 nitrogen and oxygen atoms in total. The van der Waals surface area contributed by atoms with Crippen molar-refractivity contribution in [2.45, 2.75) is 11.8 Å². The smallest absolute Gasteiger partial charge is 0.269 e. The molecule has 3 unspecified atom stereocenters. The molecule has 0 aromatic heterocycles. The standard InChI is InChI=1S/C21H16F2N2O3/c22-13-7-8-16(18(23)10-13)17-11-28-19-6-2-5-15(20(19)21(17)24)12-3-1-4-14(9-12)25(26)27/h1-10,15,17,20,24H,11H2. The number of hydrogen-bond acceptors (Lipinski definition) is 4. The fourth-order valence-electron chi connectivity index (χ4n) is 3.82. The number of hydrogen-bond donors (Lipinski definition) is 1. The van der Waals surface area contributed by atoms with E-state index in [1.54, 1.807) is 24.3 Å². The van der Waals surface area contributed by atoms with E-state index in [1.165, 1.54) is 18.2 Å². The molecule has 0 bridgehead atoms. The second-order valence-corrected chi connectivity index (χ2v) is 6.79. The fraction of sp³-hybridized carbons (Fsp3) is 0.190. The Kier molecular flexibility index (Phi) is 4.50. The summed E-state index contributed by atoms with van der Waals surface area (Å²) < 4.78 is 33.4. The molecule has 1 aliphatic carbocycles. The monoisotopic (exact) mass is 382 g/mol. The molecule has 3 atom stereocenters. The summed E-state index contributed by atoms with van der Waals surface area (Å²) in [5.41, 5.74) is 1.09. The number of allylic oxidation sites excluding steroid dienone is 4. The van der Waals surface area contributed by atoms with E-state index in [1.807, 2.05) is 6.08 Å². The second-order valence-electron chi connectivity index (χ2n) is 6.79. The molecule has 1 saturated heterocycles. The lowest BCUT2D eigenvalue weighted by Gasteiger charge is -2.38. The summed E-state index contributed by atoms with van der Waals surface area (Å²) in [5, 5.41) is 19.8. The van der Waals surface area contributed by atoms with Crippen molar-refractivity contribution in [3.8, 4) is 0 Å². The quantitative estimate of drug-likeness (QED) is 0.608. The second kappa shape index (κ2) is 6.99. The van der Waals surface area contributed by atoms with Crippen LogP contribution in [-0.2, 0) is 4.74 Å². The van der Waals surface area contributed by atoms with Gasteiger partial charge < -0.3 is 10.1 Å². The summed E-state index contributed by atoms with van der Waals surface area (Å²) in [4.78, 5) is 10.7. The van der Waals surface area contributed by atoms with Crippen LogP contribution in [0.3, 0.4) is 0 Å². The van der Waals surface area contributed by atoms with Gasteiger partial charge in [0, 0.05) is 35.4 Å². The molecule has 1 fully saturated rings. The van der Waals surface area contributed by atoms with E-state index in [9.17, 15) is 18.9 Å². The predicted molar refractivity (Wildman–Crippen MR) is 99.3 cm³/mol. The highest BCUT2D eigenvalue weighted by Crippen LogP contribution is 2.43. The Labute approximate surface area is 159 Å². The molecule has 1 heterocycles. The van der Waals surface area contributed by atoms with Crippen molar-refractivity contribution < 1.29 is 18.4 Å². The van der Waals surface area contributed by atoms with Gasteiger partial charge in [0.1, 0.15) is 17.4 Å². The number of nitrogens with zero attached hydrogens (tertiary/aromatic N) is 1. The number of nitro groups is 1. The molecule has 0 radical (unpaired) electrons. The zero-order valence-electron chi connectivity index (χ0n) is 14.6. The molecule has 0 spiro atoms. The molecule has 142 valence electrons. The van der Waals surface area contributed by atoms with Crippen LogP contribution in [0.25, 0.3) is 0 Å². The number of rotatable bonds is 3. The van der Waals surface area contributed by atoms with Crippen molar-refractivity contribution in [3.63, 3.8) is 0 Å². The van der Waals surface area contributed by atoms with Crippen LogP contribution < -0.4 is 0 Å². The lowest BCUT2D eigenvalue weighted by atomic mass is 9.73. The Morgan fingerprint density at radius 3 is 2.75 bits per heavy atom. The van der Waals surface area contributed by atoms with E-state index >= 15 is 0 Å². The van der Waals surface area contributed by atoms with Gasteiger partial charge in [0.05, 0.1) is 23.4 Å². The van der Waals surface area contributed by atoms with E-state index in [-0.39, 0.29) is 29.5 Å². The molecular weight excluding hydrogens is 366 g/mol. The summed E-state index contributed by atoms with van der Waals surface area (Å²) in [6.45, 7) is 0.0826. The van der Waals surface area contributed by atoms with Gasteiger partial charge in [-0.25, -0.2) is 8.78 Å². The number of benzene rings is 2. The van der Waals surface area contributed by atoms with E-state index in [2.05, 4.69) is 0 Å². The number of ether oxygens (including phenoxy) is 1. The first-order chi connectivity index (χ1) is 13.5. The maximum Gasteiger partial charge on any atom is 0.269 e. The third-order valence-electron chi connectivity index (χ3n) is 5.18. The zero-order valence-corrected chi connectivity index (χ0v) is 14.6. The molecule has 0 saturated carbocycles. The van der Waals surface area contributed by atoms with Crippen LogP contribution in [0.1, 0.15) is 23.0 Å². The Morgan fingerprint density at radius 1 is 1.18 bits per heavy atom. The van der Waals surface area contributed by atoms with Crippen molar-refractivity contribution in [1.29, 1.82) is 5.41 Å². The molecule has 2 aromatic carbocycles. The van der Waals surface area contributed by atoms with E-state index in [0.717, 1.165) is 12.1 Å². The highest BCUT2D eigenvalue weighted by Gasteiger charge is 2.40. The first-order valence-corrected chi connectivity index (χ1v) is 8.74. The molecular formula is C21H16F2N2O3. The average Bonchev–Trinajstić information content (AvgIpc) is 2.69. The van der Waals surface area contributed by atoms with Crippen LogP contribution in [0.4, 0.5) is 14.5 Å². The maximum atomic E-state index is 14.3. The zero-order chi connectivity index (χ0) is 19.8. The summed E-state index contributed by atoms with van der Waals surface area (Å²) in [6, 6.07) is 9.55. The largest absolute Gasteiger partial charge is 0.496 e. The topological polar surface area (TPSA) is 76.2 Å². The summed E-state index contributed by atoms with van der Waals surface area (Å²) in [6.07, 6.45) is 5.40. The Bertz CT molecular complexity index is 1030. The molecule has 4 rings (SSSR count). The molecule has 2 aromatic rings. The van der Waals surface area contributed by atoms with Gasteiger partial charge in [0.2, 0.25) is 0 Å². The van der Waals surface area contributed by atoms with Crippen LogP contribution in [-0.4, -0.2) is 17.2 Å². The summed E-state index contributed by atoms with van der Waals surface area (Å²) >= 11 is 0. The van der Waals surface area contributed by atoms with Crippen molar-refractivity contribution in [2.75, 3.05) is 6.61 Å². The number of nitrogens with one attached hydrogen (secondary N) is 1. The Balaban J connectivity index is 1.71. The Hall–Kier alpha value is -3.35. The number of nitro benzene ring substituents is 1. The highest BCUT2D eigenvalue weighted by atomic mass is 19.1.